The van der Waals surface area contributed by atoms with E-state index >= 15 is 0 Å². The number of benzene rings is 1. The van der Waals surface area contributed by atoms with E-state index in [2.05, 4.69) is 20.3 Å². The maximum atomic E-state index is 13.2. The van der Waals surface area contributed by atoms with Crippen LogP contribution in [0.4, 0.5) is 17.6 Å². The maximum absolute atomic E-state index is 13.2. The fourth-order valence-corrected chi connectivity index (χ4v) is 4.91. The van der Waals surface area contributed by atoms with E-state index in [1.54, 1.807) is 10.4 Å². The zero-order valence-corrected chi connectivity index (χ0v) is 18.4. The molecule has 0 aliphatic carbocycles. The van der Waals surface area contributed by atoms with Gasteiger partial charge in [0.25, 0.3) is 0 Å². The lowest BCUT2D eigenvalue weighted by Crippen LogP contribution is -2.43. The minimum absolute atomic E-state index is 0.0515. The molecule has 0 saturated carbocycles. The molecule has 1 amide bonds. The number of amides is 1. The first-order chi connectivity index (χ1) is 16.2. The first kappa shape index (κ1) is 23.9. The first-order valence-electron chi connectivity index (χ1n) is 10.3. The highest BCUT2D eigenvalue weighted by molar-refractivity contribution is 7.82. The number of aromatic nitrogens is 3. The van der Waals surface area contributed by atoms with Crippen molar-refractivity contribution in [1.82, 2.24) is 24.6 Å². The van der Waals surface area contributed by atoms with E-state index in [4.69, 9.17) is 0 Å². The summed E-state index contributed by atoms with van der Waals surface area (Å²) in [5, 5.41) is 2.76. The summed E-state index contributed by atoms with van der Waals surface area (Å²) in [4.78, 5) is 24.8. The maximum Gasteiger partial charge on any atom is 0.433 e. The molecule has 34 heavy (non-hydrogen) atoms. The number of nitrogens with zero attached hydrogens (tertiary/aromatic N) is 4. The van der Waals surface area contributed by atoms with Gasteiger partial charge in [-0.2, -0.15) is 13.2 Å². The number of carbonyl (C=O) groups is 1. The van der Waals surface area contributed by atoms with Gasteiger partial charge in [-0.05, 0) is 55.3 Å². The first-order valence-corrected chi connectivity index (χ1v) is 11.4. The van der Waals surface area contributed by atoms with Gasteiger partial charge in [0.05, 0.1) is 22.8 Å². The van der Waals surface area contributed by atoms with E-state index in [0.717, 1.165) is 12.3 Å². The van der Waals surface area contributed by atoms with Crippen molar-refractivity contribution in [3.8, 4) is 11.3 Å². The highest BCUT2D eigenvalue weighted by Crippen LogP contribution is 2.28. The highest BCUT2D eigenvalue weighted by Gasteiger charge is 2.35. The van der Waals surface area contributed by atoms with Gasteiger partial charge in [0, 0.05) is 18.3 Å². The predicted octanol–water partition coefficient (Wildman–Crippen LogP) is 3.50. The zero-order chi connectivity index (χ0) is 24.3. The van der Waals surface area contributed by atoms with E-state index in [1.807, 2.05) is 0 Å². The topological polar surface area (TPSA) is 88.1 Å². The molecule has 1 aliphatic rings. The number of rotatable bonds is 6. The Kier molecular flexibility index (Phi) is 6.98. The monoisotopic (exact) mass is 493 g/mol. The number of pyridine rings is 1. The van der Waals surface area contributed by atoms with Crippen molar-refractivity contribution in [2.75, 3.05) is 6.54 Å². The van der Waals surface area contributed by atoms with Crippen LogP contribution in [0.3, 0.4) is 0 Å². The molecular weight excluding hydrogens is 474 g/mol. The molecule has 7 nitrogen and oxygen atoms in total. The van der Waals surface area contributed by atoms with Crippen LogP contribution < -0.4 is 5.32 Å². The number of hydrogen-bond donors (Lipinski definition) is 1. The molecular formula is C22H19F4N5O2S. The number of hydrogen-bond acceptors (Lipinski definition) is 5. The normalized spacial score (nSPS) is 17.5. The molecule has 2 unspecified atom stereocenters. The SMILES string of the molecule is O=C(NCc1cc(-c2ccc(C(F)(F)F)nc2)ncn1)C1CCCN1S(=O)c1ccc(F)cc1. The van der Waals surface area contributed by atoms with Gasteiger partial charge in [-0.1, -0.05) is 0 Å². The average Bonchev–Trinajstić information content (AvgIpc) is 3.32. The second-order valence-electron chi connectivity index (χ2n) is 7.54. The van der Waals surface area contributed by atoms with Crippen molar-refractivity contribution < 1.29 is 26.6 Å². The van der Waals surface area contributed by atoms with Gasteiger partial charge in [0.15, 0.2) is 0 Å². The fourth-order valence-electron chi connectivity index (χ4n) is 3.55. The Labute approximate surface area is 194 Å². The Hall–Kier alpha value is -3.25. The fraction of sp³-hybridized carbons (Fsp3) is 0.273. The molecule has 0 radical (unpaired) electrons. The van der Waals surface area contributed by atoms with Gasteiger partial charge in [0.1, 0.15) is 34.9 Å². The van der Waals surface area contributed by atoms with Crippen LogP contribution in [-0.4, -0.2) is 42.0 Å². The van der Waals surface area contributed by atoms with E-state index in [9.17, 15) is 26.6 Å². The summed E-state index contributed by atoms with van der Waals surface area (Å²) in [6, 6.07) is 8.36. The number of alkyl halides is 3. The van der Waals surface area contributed by atoms with Gasteiger partial charge in [-0.25, -0.2) is 22.9 Å². The molecule has 1 fully saturated rings. The molecule has 2 aromatic heterocycles. The summed E-state index contributed by atoms with van der Waals surface area (Å²) >= 11 is 0. The molecule has 2 atom stereocenters. The number of nitrogens with one attached hydrogen (secondary N) is 1. The van der Waals surface area contributed by atoms with Crippen molar-refractivity contribution in [2.24, 2.45) is 0 Å². The van der Waals surface area contributed by atoms with Gasteiger partial charge in [0.2, 0.25) is 5.91 Å². The second-order valence-corrected chi connectivity index (χ2v) is 8.98. The summed E-state index contributed by atoms with van der Waals surface area (Å²) in [5.41, 5.74) is 0.180. The van der Waals surface area contributed by atoms with Gasteiger partial charge in [-0.15, -0.1) is 0 Å². The molecule has 12 heteroatoms. The second kappa shape index (κ2) is 9.94. The molecule has 3 heterocycles. The van der Waals surface area contributed by atoms with E-state index in [0.29, 0.717) is 41.2 Å². The molecule has 1 saturated heterocycles. The Morgan fingerprint density at radius 3 is 2.56 bits per heavy atom. The lowest BCUT2D eigenvalue weighted by Gasteiger charge is -2.22. The summed E-state index contributed by atoms with van der Waals surface area (Å²) in [6.45, 7) is 0.511. The third kappa shape index (κ3) is 5.45. The molecule has 178 valence electrons. The number of carbonyl (C=O) groups excluding carboxylic acids is 1. The average molecular weight is 493 g/mol. The molecule has 1 aliphatic heterocycles. The number of halogens is 4. The summed E-state index contributed by atoms with van der Waals surface area (Å²) < 4.78 is 65.7. The lowest BCUT2D eigenvalue weighted by atomic mass is 10.1. The highest BCUT2D eigenvalue weighted by atomic mass is 32.2. The summed E-state index contributed by atoms with van der Waals surface area (Å²) in [6.07, 6.45) is -1.00. The van der Waals surface area contributed by atoms with Crippen molar-refractivity contribution in [2.45, 2.75) is 36.5 Å². The molecule has 3 aromatic rings. The Morgan fingerprint density at radius 1 is 1.12 bits per heavy atom. The van der Waals surface area contributed by atoms with Crippen molar-refractivity contribution in [3.05, 3.63) is 72.2 Å². The summed E-state index contributed by atoms with van der Waals surface area (Å²) in [7, 11) is -1.61. The van der Waals surface area contributed by atoms with Crippen LogP contribution in [0.1, 0.15) is 24.2 Å². The van der Waals surface area contributed by atoms with Gasteiger partial charge >= 0.3 is 6.18 Å². The minimum Gasteiger partial charge on any atom is -0.349 e. The Balaban J connectivity index is 1.41. The third-order valence-electron chi connectivity index (χ3n) is 5.25. The third-order valence-corrected chi connectivity index (χ3v) is 6.79. The zero-order valence-electron chi connectivity index (χ0n) is 17.6. The van der Waals surface area contributed by atoms with Crippen LogP contribution in [-0.2, 0) is 28.5 Å². The van der Waals surface area contributed by atoms with E-state index < -0.39 is 34.7 Å². The van der Waals surface area contributed by atoms with Crippen LogP contribution in [0.2, 0.25) is 0 Å². The van der Waals surface area contributed by atoms with Crippen LogP contribution in [0.5, 0.6) is 0 Å². The quantitative estimate of drug-likeness (QED) is 0.531. The molecule has 1 N–H and O–H groups in total. The van der Waals surface area contributed by atoms with Crippen molar-refractivity contribution in [1.29, 1.82) is 0 Å². The van der Waals surface area contributed by atoms with E-state index in [1.165, 1.54) is 36.7 Å². The van der Waals surface area contributed by atoms with Crippen LogP contribution >= 0.6 is 0 Å². The van der Waals surface area contributed by atoms with Crippen molar-refractivity contribution >= 4 is 16.9 Å². The molecule has 4 rings (SSSR count). The molecule has 0 spiro atoms. The summed E-state index contributed by atoms with van der Waals surface area (Å²) in [5.74, 6) is -0.767. The van der Waals surface area contributed by atoms with Gasteiger partial charge < -0.3 is 5.32 Å². The van der Waals surface area contributed by atoms with Crippen molar-refractivity contribution in [3.63, 3.8) is 0 Å². The predicted molar refractivity (Wildman–Crippen MR) is 115 cm³/mol. The van der Waals surface area contributed by atoms with Crippen LogP contribution in [0, 0.1) is 5.82 Å². The lowest BCUT2D eigenvalue weighted by molar-refractivity contribution is -0.141. The van der Waals surface area contributed by atoms with Crippen LogP contribution in [0.25, 0.3) is 11.3 Å². The van der Waals surface area contributed by atoms with Crippen LogP contribution in [0.15, 0.2) is 59.9 Å². The van der Waals surface area contributed by atoms with E-state index in [-0.39, 0.29) is 12.5 Å². The Bertz CT molecular complexity index is 1190. The standard InChI is InChI=1S/C22H19F4N5O2S/c23-15-4-6-17(7-5-15)34(33)31-9-1-2-19(31)21(32)28-12-16-10-18(30-13-29-16)14-3-8-20(27-11-14)22(24,25)26/h3-8,10-11,13,19H,1-2,9,12H2,(H,28,32). The minimum atomic E-state index is -4.53. The molecule has 1 aromatic carbocycles. The largest absolute Gasteiger partial charge is 0.433 e. The smallest absolute Gasteiger partial charge is 0.349 e. The Morgan fingerprint density at radius 2 is 1.88 bits per heavy atom. The molecule has 0 bridgehead atoms. The van der Waals surface area contributed by atoms with Gasteiger partial charge in [-0.3, -0.25) is 9.78 Å².